The molecule has 0 heterocycles. The van der Waals surface area contributed by atoms with E-state index in [2.05, 4.69) is 6.07 Å². The summed E-state index contributed by atoms with van der Waals surface area (Å²) < 4.78 is 5.35. The molecule has 0 bridgehead atoms. The van der Waals surface area contributed by atoms with E-state index in [4.69, 9.17) is 16.3 Å². The van der Waals surface area contributed by atoms with Gasteiger partial charge in [-0.05, 0) is 44.5 Å². The zero-order valence-corrected chi connectivity index (χ0v) is 13.0. The normalized spacial score (nSPS) is 13.9. The van der Waals surface area contributed by atoms with E-state index in [9.17, 15) is 5.11 Å². The lowest BCUT2D eigenvalue weighted by Gasteiger charge is -2.27. The summed E-state index contributed by atoms with van der Waals surface area (Å²) in [6.45, 7) is 5.79. The van der Waals surface area contributed by atoms with Crippen molar-refractivity contribution in [1.29, 1.82) is 0 Å². The maximum Gasteiger partial charge on any atom is 0.125 e. The van der Waals surface area contributed by atoms with Gasteiger partial charge in [-0.1, -0.05) is 40.9 Å². The highest BCUT2D eigenvalue weighted by atomic mass is 35.5. The lowest BCUT2D eigenvalue weighted by Crippen LogP contribution is -2.24. The molecule has 0 saturated heterocycles. The van der Waals surface area contributed by atoms with Gasteiger partial charge in [0.25, 0.3) is 0 Å². The Hall–Kier alpha value is -1.51. The zero-order valence-electron chi connectivity index (χ0n) is 12.2. The Balaban J connectivity index is 2.62. The predicted octanol–water partition coefficient (Wildman–Crippen LogP) is 4.22. The number of hydrogen-bond donors (Lipinski definition) is 1. The highest BCUT2D eigenvalue weighted by molar-refractivity contribution is 6.30. The largest absolute Gasteiger partial charge is 0.496 e. The molecule has 2 rings (SSSR count). The Morgan fingerprint density at radius 1 is 1.05 bits per heavy atom. The molecule has 0 aliphatic heterocycles. The van der Waals surface area contributed by atoms with Gasteiger partial charge in [0, 0.05) is 10.6 Å². The van der Waals surface area contributed by atoms with E-state index in [0.717, 1.165) is 16.7 Å². The summed E-state index contributed by atoms with van der Waals surface area (Å²) in [5.74, 6) is 0.624. The number of aliphatic hydroxyl groups is 1. The van der Waals surface area contributed by atoms with E-state index < -0.39 is 5.60 Å². The Bertz CT molecular complexity index is 613. The molecule has 0 aliphatic rings. The molecule has 2 aromatic rings. The molecule has 1 N–H and O–H groups in total. The number of aryl methyl sites for hydroxylation is 2. The van der Waals surface area contributed by atoms with E-state index in [-0.39, 0.29) is 0 Å². The van der Waals surface area contributed by atoms with Gasteiger partial charge in [-0.25, -0.2) is 0 Å². The molecule has 3 heteroatoms. The second kappa shape index (κ2) is 5.47. The fourth-order valence-corrected chi connectivity index (χ4v) is 2.64. The second-order valence-electron chi connectivity index (χ2n) is 5.29. The average Bonchev–Trinajstić information content (AvgIpc) is 2.37. The van der Waals surface area contributed by atoms with Crippen LogP contribution < -0.4 is 4.74 Å². The zero-order chi connectivity index (χ0) is 14.9. The fourth-order valence-electron chi connectivity index (χ4n) is 2.47. The molecular formula is C17H19ClO2. The van der Waals surface area contributed by atoms with Crippen LogP contribution in [-0.2, 0) is 5.60 Å². The van der Waals surface area contributed by atoms with Crippen LogP contribution in [0.5, 0.6) is 5.75 Å². The molecule has 1 atom stereocenters. The molecule has 2 nitrogen and oxygen atoms in total. The third kappa shape index (κ3) is 2.82. The summed E-state index contributed by atoms with van der Waals surface area (Å²) in [7, 11) is 1.59. The predicted molar refractivity (Wildman–Crippen MR) is 82.6 cm³/mol. The van der Waals surface area contributed by atoms with Crippen molar-refractivity contribution in [2.24, 2.45) is 0 Å². The van der Waals surface area contributed by atoms with E-state index in [1.807, 2.05) is 26.0 Å². The summed E-state index contributed by atoms with van der Waals surface area (Å²) in [5.41, 5.74) is 2.56. The minimum absolute atomic E-state index is 0.574. The molecule has 106 valence electrons. The first-order valence-corrected chi connectivity index (χ1v) is 6.87. The topological polar surface area (TPSA) is 29.5 Å². The number of halogens is 1. The van der Waals surface area contributed by atoms with Crippen LogP contribution in [0.15, 0.2) is 36.4 Å². The van der Waals surface area contributed by atoms with Crippen molar-refractivity contribution < 1.29 is 9.84 Å². The maximum absolute atomic E-state index is 11.0. The highest BCUT2D eigenvalue weighted by Gasteiger charge is 2.29. The van der Waals surface area contributed by atoms with Crippen molar-refractivity contribution in [2.45, 2.75) is 26.4 Å². The molecule has 0 radical (unpaired) electrons. The van der Waals surface area contributed by atoms with E-state index in [1.54, 1.807) is 32.2 Å². The maximum atomic E-state index is 11.0. The third-order valence-electron chi connectivity index (χ3n) is 3.47. The van der Waals surface area contributed by atoms with Crippen LogP contribution in [0.1, 0.15) is 29.2 Å². The monoisotopic (exact) mass is 290 g/mol. The first-order chi connectivity index (χ1) is 9.34. The summed E-state index contributed by atoms with van der Waals surface area (Å²) in [6, 6.07) is 11.3. The minimum Gasteiger partial charge on any atom is -0.496 e. The van der Waals surface area contributed by atoms with Crippen LogP contribution in [-0.4, -0.2) is 12.2 Å². The molecule has 1 unspecified atom stereocenters. The first-order valence-electron chi connectivity index (χ1n) is 6.50. The van der Waals surface area contributed by atoms with Crippen LogP contribution in [0.2, 0.25) is 5.02 Å². The van der Waals surface area contributed by atoms with Gasteiger partial charge in [-0.2, -0.15) is 0 Å². The summed E-state index contributed by atoms with van der Waals surface area (Å²) in [5, 5.41) is 11.6. The van der Waals surface area contributed by atoms with Crippen LogP contribution in [0.25, 0.3) is 0 Å². The Morgan fingerprint density at radius 2 is 1.65 bits per heavy atom. The van der Waals surface area contributed by atoms with Gasteiger partial charge in [0.2, 0.25) is 0 Å². The van der Waals surface area contributed by atoms with Gasteiger partial charge in [-0.15, -0.1) is 0 Å². The van der Waals surface area contributed by atoms with Crippen molar-refractivity contribution in [2.75, 3.05) is 7.11 Å². The molecule has 0 fully saturated rings. The summed E-state index contributed by atoms with van der Waals surface area (Å²) >= 11 is 6.06. The number of rotatable bonds is 3. The van der Waals surface area contributed by atoms with Gasteiger partial charge >= 0.3 is 0 Å². The quantitative estimate of drug-likeness (QED) is 0.917. The minimum atomic E-state index is -1.16. The van der Waals surface area contributed by atoms with E-state index >= 15 is 0 Å². The van der Waals surface area contributed by atoms with Gasteiger partial charge in [0.05, 0.1) is 7.11 Å². The summed E-state index contributed by atoms with van der Waals surface area (Å²) in [4.78, 5) is 0. The number of hydrogen-bond acceptors (Lipinski definition) is 2. The second-order valence-corrected chi connectivity index (χ2v) is 5.73. The molecule has 2 aromatic carbocycles. The SMILES string of the molecule is COc1ccc(Cl)cc1C(C)(O)c1cc(C)cc(C)c1. The van der Waals surface area contributed by atoms with Crippen LogP contribution in [0, 0.1) is 13.8 Å². The number of methoxy groups -OCH3 is 1. The smallest absolute Gasteiger partial charge is 0.125 e. The highest BCUT2D eigenvalue weighted by Crippen LogP contribution is 2.37. The van der Waals surface area contributed by atoms with Gasteiger partial charge in [0.15, 0.2) is 0 Å². The van der Waals surface area contributed by atoms with E-state index in [1.165, 1.54) is 0 Å². The van der Waals surface area contributed by atoms with Crippen LogP contribution in [0.3, 0.4) is 0 Å². The van der Waals surface area contributed by atoms with Gasteiger partial charge < -0.3 is 9.84 Å². The Labute approximate surface area is 125 Å². The van der Waals surface area contributed by atoms with Gasteiger partial charge in [0.1, 0.15) is 11.4 Å². The Morgan fingerprint density at radius 3 is 2.20 bits per heavy atom. The van der Waals surface area contributed by atoms with Crippen molar-refractivity contribution >= 4 is 11.6 Å². The molecule has 0 spiro atoms. The fraction of sp³-hybridized carbons (Fsp3) is 0.294. The standard InChI is InChI=1S/C17H19ClO2/c1-11-7-12(2)9-13(8-11)17(3,19)15-10-14(18)5-6-16(15)20-4/h5-10,19H,1-4H3. The third-order valence-corrected chi connectivity index (χ3v) is 3.70. The molecular weight excluding hydrogens is 272 g/mol. The molecule has 0 aromatic heterocycles. The van der Waals surface area contributed by atoms with Crippen LogP contribution in [0.4, 0.5) is 0 Å². The first kappa shape index (κ1) is 14.9. The average molecular weight is 291 g/mol. The number of benzene rings is 2. The summed E-state index contributed by atoms with van der Waals surface area (Å²) in [6.07, 6.45) is 0. The molecule has 0 saturated carbocycles. The lowest BCUT2D eigenvalue weighted by molar-refractivity contribution is 0.0988. The van der Waals surface area contributed by atoms with Crippen LogP contribution >= 0.6 is 11.6 Å². The van der Waals surface area contributed by atoms with Crippen molar-refractivity contribution in [3.05, 3.63) is 63.7 Å². The Kier molecular flexibility index (Phi) is 4.07. The number of ether oxygens (including phenoxy) is 1. The van der Waals surface area contributed by atoms with Crippen molar-refractivity contribution in [3.8, 4) is 5.75 Å². The molecule has 0 aliphatic carbocycles. The molecule has 0 amide bonds. The van der Waals surface area contributed by atoms with Crippen molar-refractivity contribution in [1.82, 2.24) is 0 Å². The van der Waals surface area contributed by atoms with Crippen molar-refractivity contribution in [3.63, 3.8) is 0 Å². The lowest BCUT2D eigenvalue weighted by atomic mass is 9.86. The van der Waals surface area contributed by atoms with E-state index in [0.29, 0.717) is 16.3 Å². The van der Waals surface area contributed by atoms with Gasteiger partial charge in [-0.3, -0.25) is 0 Å². The molecule has 20 heavy (non-hydrogen) atoms.